The number of aromatic nitrogens is 4. The number of ether oxygens (including phenoxy) is 2. The number of hydrogen-bond donors (Lipinski definition) is 1. The number of carbonyl (C=O) groups is 1. The quantitative estimate of drug-likeness (QED) is 0.424. The molecule has 1 atom stereocenters. The first kappa shape index (κ1) is 21.5. The molecule has 2 aromatic carbocycles. The van der Waals surface area contributed by atoms with Crippen molar-refractivity contribution in [3.8, 4) is 5.75 Å². The highest BCUT2D eigenvalue weighted by atomic mass is 35.5. The number of hydrogen-bond acceptors (Lipinski definition) is 7. The summed E-state index contributed by atoms with van der Waals surface area (Å²) in [6.45, 7) is 5.38. The van der Waals surface area contributed by atoms with Crippen molar-refractivity contribution in [1.82, 2.24) is 20.2 Å². The van der Waals surface area contributed by atoms with Gasteiger partial charge in [-0.3, -0.25) is 0 Å². The van der Waals surface area contributed by atoms with Gasteiger partial charge in [0.1, 0.15) is 30.8 Å². The SMILES string of the molecule is C=CCOC(=O)C1=C(C)Nc2nnnn2C1c1ccc(OCc2c(F)cccc2Cl)cc1. The minimum absolute atomic E-state index is 0.0204. The molecule has 0 amide bonds. The molecule has 1 aliphatic heterocycles. The summed E-state index contributed by atoms with van der Waals surface area (Å²) in [4.78, 5) is 12.8. The van der Waals surface area contributed by atoms with E-state index in [2.05, 4.69) is 27.4 Å². The first-order valence-electron chi connectivity index (χ1n) is 9.69. The lowest BCUT2D eigenvalue weighted by Gasteiger charge is -2.27. The van der Waals surface area contributed by atoms with Crippen LogP contribution in [0.1, 0.15) is 24.1 Å². The van der Waals surface area contributed by atoms with E-state index in [0.29, 0.717) is 28.0 Å². The van der Waals surface area contributed by atoms with Gasteiger partial charge >= 0.3 is 5.97 Å². The van der Waals surface area contributed by atoms with Crippen LogP contribution in [0.4, 0.5) is 10.3 Å². The molecular weight excluding hydrogens is 437 g/mol. The van der Waals surface area contributed by atoms with Gasteiger partial charge in [0.15, 0.2) is 0 Å². The molecular formula is C22H19ClFN5O3. The Hall–Kier alpha value is -3.72. The summed E-state index contributed by atoms with van der Waals surface area (Å²) in [5.74, 6) is -0.0216. The summed E-state index contributed by atoms with van der Waals surface area (Å²) in [7, 11) is 0. The number of rotatable bonds is 7. The van der Waals surface area contributed by atoms with Crippen molar-refractivity contribution in [2.75, 3.05) is 11.9 Å². The van der Waals surface area contributed by atoms with Crippen LogP contribution < -0.4 is 10.1 Å². The Kier molecular flexibility index (Phi) is 6.18. The predicted molar refractivity (Wildman–Crippen MR) is 116 cm³/mol. The zero-order valence-electron chi connectivity index (χ0n) is 17.1. The van der Waals surface area contributed by atoms with Crippen LogP contribution in [-0.4, -0.2) is 32.8 Å². The van der Waals surface area contributed by atoms with Crippen molar-refractivity contribution in [1.29, 1.82) is 0 Å². The molecule has 10 heteroatoms. The van der Waals surface area contributed by atoms with Crippen LogP contribution >= 0.6 is 11.6 Å². The first-order chi connectivity index (χ1) is 15.5. The van der Waals surface area contributed by atoms with E-state index in [0.717, 1.165) is 5.56 Å². The number of nitrogens with zero attached hydrogens (tertiary/aromatic N) is 4. The number of tetrazole rings is 1. The summed E-state index contributed by atoms with van der Waals surface area (Å²) < 4.78 is 26.4. The molecule has 164 valence electrons. The van der Waals surface area contributed by atoms with Crippen molar-refractivity contribution in [2.24, 2.45) is 0 Å². The van der Waals surface area contributed by atoms with E-state index in [1.54, 1.807) is 37.3 Å². The Morgan fingerprint density at radius 2 is 2.09 bits per heavy atom. The van der Waals surface area contributed by atoms with Crippen molar-refractivity contribution in [3.63, 3.8) is 0 Å². The molecule has 0 bridgehead atoms. The van der Waals surface area contributed by atoms with Crippen LogP contribution in [0.25, 0.3) is 0 Å². The molecule has 32 heavy (non-hydrogen) atoms. The highest BCUT2D eigenvalue weighted by Gasteiger charge is 2.34. The van der Waals surface area contributed by atoms with E-state index in [-0.39, 0.29) is 18.8 Å². The Labute approximate surface area is 188 Å². The molecule has 1 aromatic heterocycles. The molecule has 8 nitrogen and oxygen atoms in total. The van der Waals surface area contributed by atoms with Gasteiger partial charge in [0, 0.05) is 11.3 Å². The van der Waals surface area contributed by atoms with Gasteiger partial charge < -0.3 is 14.8 Å². The average molecular weight is 456 g/mol. The van der Waals surface area contributed by atoms with Crippen molar-refractivity contribution in [3.05, 3.63) is 88.4 Å². The van der Waals surface area contributed by atoms with Crippen LogP contribution in [-0.2, 0) is 16.1 Å². The van der Waals surface area contributed by atoms with Gasteiger partial charge in [0.2, 0.25) is 5.95 Å². The minimum Gasteiger partial charge on any atom is -0.489 e. The number of halogens is 2. The number of benzene rings is 2. The summed E-state index contributed by atoms with van der Waals surface area (Å²) in [6, 6.07) is 10.9. The van der Waals surface area contributed by atoms with Gasteiger partial charge in [-0.15, -0.1) is 0 Å². The maximum Gasteiger partial charge on any atom is 0.338 e. The lowest BCUT2D eigenvalue weighted by molar-refractivity contribution is -0.138. The van der Waals surface area contributed by atoms with Crippen LogP contribution in [0, 0.1) is 5.82 Å². The second-order valence-electron chi connectivity index (χ2n) is 6.96. The van der Waals surface area contributed by atoms with Crippen LogP contribution in [0.3, 0.4) is 0 Å². The average Bonchev–Trinajstić information content (AvgIpc) is 3.24. The smallest absolute Gasteiger partial charge is 0.338 e. The molecule has 0 spiro atoms. The van der Waals surface area contributed by atoms with Gasteiger partial charge in [-0.05, 0) is 47.2 Å². The monoisotopic (exact) mass is 455 g/mol. The Morgan fingerprint density at radius 1 is 1.31 bits per heavy atom. The third-order valence-corrected chi connectivity index (χ3v) is 5.26. The zero-order valence-corrected chi connectivity index (χ0v) is 17.8. The maximum absolute atomic E-state index is 14.0. The molecule has 0 saturated carbocycles. The summed E-state index contributed by atoms with van der Waals surface area (Å²) in [5.41, 5.74) is 1.97. The second-order valence-corrected chi connectivity index (χ2v) is 7.37. The van der Waals surface area contributed by atoms with Crippen LogP contribution in [0.15, 0.2) is 66.4 Å². The van der Waals surface area contributed by atoms with Crippen LogP contribution in [0.5, 0.6) is 5.75 Å². The molecule has 0 fully saturated rings. The number of carbonyl (C=O) groups excluding carboxylic acids is 1. The fourth-order valence-electron chi connectivity index (χ4n) is 3.37. The molecule has 0 aliphatic carbocycles. The van der Waals surface area contributed by atoms with Gasteiger partial charge in [0.05, 0.1) is 10.6 Å². The van der Waals surface area contributed by atoms with Gasteiger partial charge in [0.25, 0.3) is 0 Å². The Balaban J connectivity index is 1.60. The third kappa shape index (κ3) is 4.19. The fraction of sp³-hybridized carbons (Fsp3) is 0.182. The highest BCUT2D eigenvalue weighted by Crippen LogP contribution is 2.35. The maximum atomic E-state index is 14.0. The summed E-state index contributed by atoms with van der Waals surface area (Å²) in [5, 5.41) is 15.0. The van der Waals surface area contributed by atoms with Gasteiger partial charge in [-0.1, -0.05) is 47.6 Å². The molecule has 4 rings (SSSR count). The van der Waals surface area contributed by atoms with E-state index >= 15 is 0 Å². The number of nitrogens with one attached hydrogen (secondary N) is 1. The number of fused-ring (bicyclic) bond motifs is 1. The zero-order chi connectivity index (χ0) is 22.7. The normalized spacial score (nSPS) is 15.0. The highest BCUT2D eigenvalue weighted by molar-refractivity contribution is 6.31. The summed E-state index contributed by atoms with van der Waals surface area (Å²) in [6.07, 6.45) is 1.50. The second kappa shape index (κ2) is 9.19. The number of esters is 1. The molecule has 2 heterocycles. The molecule has 1 N–H and O–H groups in total. The predicted octanol–water partition coefficient (Wildman–Crippen LogP) is 4.06. The first-order valence-corrected chi connectivity index (χ1v) is 10.1. The van der Waals surface area contributed by atoms with Crippen molar-refractivity contribution < 1.29 is 18.7 Å². The minimum atomic E-state index is -0.603. The molecule has 0 saturated heterocycles. The van der Waals surface area contributed by atoms with Crippen molar-refractivity contribution >= 4 is 23.5 Å². The standard InChI is InChI=1S/C22H19ClFN5O3/c1-3-11-31-21(30)19-13(2)25-22-26-27-28-29(22)20(19)14-7-9-15(10-8-14)32-12-16-17(23)5-4-6-18(16)24/h3-10,20H,1,11-12H2,2H3,(H,25,26,28). The Bertz CT molecular complexity index is 1170. The van der Waals surface area contributed by atoms with Crippen molar-refractivity contribution in [2.45, 2.75) is 19.6 Å². The number of allylic oxidation sites excluding steroid dienone is 1. The lowest BCUT2D eigenvalue weighted by atomic mass is 9.96. The van der Waals surface area contributed by atoms with E-state index < -0.39 is 17.8 Å². The topological polar surface area (TPSA) is 91.2 Å². The van der Waals surface area contributed by atoms with E-state index in [4.69, 9.17) is 21.1 Å². The lowest BCUT2D eigenvalue weighted by Crippen LogP contribution is -2.29. The van der Waals surface area contributed by atoms with E-state index in [1.807, 2.05) is 0 Å². The van der Waals surface area contributed by atoms with E-state index in [9.17, 15) is 9.18 Å². The molecule has 0 radical (unpaired) electrons. The molecule has 1 unspecified atom stereocenters. The van der Waals surface area contributed by atoms with Gasteiger partial charge in [-0.25, -0.2) is 9.18 Å². The largest absolute Gasteiger partial charge is 0.489 e. The molecule has 3 aromatic rings. The molecule has 1 aliphatic rings. The van der Waals surface area contributed by atoms with Gasteiger partial charge in [-0.2, -0.15) is 4.68 Å². The number of anilines is 1. The summed E-state index contributed by atoms with van der Waals surface area (Å²) >= 11 is 6.05. The Morgan fingerprint density at radius 3 is 2.81 bits per heavy atom. The third-order valence-electron chi connectivity index (χ3n) is 4.91. The fourth-order valence-corrected chi connectivity index (χ4v) is 3.59. The van der Waals surface area contributed by atoms with Crippen LogP contribution in [0.2, 0.25) is 5.02 Å². The van der Waals surface area contributed by atoms with E-state index in [1.165, 1.54) is 22.9 Å².